The zero-order chi connectivity index (χ0) is 13.2. The first-order valence-electron chi connectivity index (χ1n) is 6.79. The maximum atomic E-state index is 11.8. The second kappa shape index (κ2) is 4.99. The number of hydrogen-bond donors (Lipinski definition) is 0. The van der Waals surface area contributed by atoms with Crippen molar-refractivity contribution in [3.05, 3.63) is 35.2 Å². The van der Waals surface area contributed by atoms with E-state index in [4.69, 9.17) is 4.52 Å². The monoisotopic (exact) mass is 259 g/mol. The zero-order valence-electron chi connectivity index (χ0n) is 11.1. The molecule has 0 aliphatic heterocycles. The molecule has 0 saturated carbocycles. The lowest BCUT2D eigenvalue weighted by Gasteiger charge is -2.07. The smallest absolute Gasteiger partial charge is 0.226 e. The molecule has 0 fully saturated rings. The van der Waals surface area contributed by atoms with Gasteiger partial charge in [0.1, 0.15) is 0 Å². The van der Waals surface area contributed by atoms with Gasteiger partial charge in [0.25, 0.3) is 0 Å². The predicted octanol–water partition coefficient (Wildman–Crippen LogP) is 2.39. The fourth-order valence-corrected chi connectivity index (χ4v) is 2.50. The highest BCUT2D eigenvalue weighted by molar-refractivity contribution is 5.98. The lowest BCUT2D eigenvalue weighted by Crippen LogP contribution is -2.07. The van der Waals surface area contributed by atoms with E-state index in [2.05, 4.69) is 17.1 Å². The summed E-state index contributed by atoms with van der Waals surface area (Å²) in [5.41, 5.74) is 2.01. The number of carbonyl (C=O) groups excluding carboxylic acids is 1. The molecule has 3 rings (SSSR count). The number of aromatic nitrogens is 3. The summed E-state index contributed by atoms with van der Waals surface area (Å²) in [7, 11) is 0. The number of fused-ring (bicyclic) bond motifs is 1. The van der Waals surface area contributed by atoms with E-state index in [0.29, 0.717) is 24.7 Å². The first-order chi connectivity index (χ1) is 9.26. The maximum Gasteiger partial charge on any atom is 0.226 e. The van der Waals surface area contributed by atoms with Gasteiger partial charge in [-0.15, -0.1) is 0 Å². The molecule has 0 atom stereocenters. The normalized spacial score (nSPS) is 14.7. The van der Waals surface area contributed by atoms with Crippen LogP contribution in [0.15, 0.2) is 16.9 Å². The molecular formula is C14H17N3O2. The van der Waals surface area contributed by atoms with Gasteiger partial charge in [-0.05, 0) is 24.8 Å². The summed E-state index contributed by atoms with van der Waals surface area (Å²) >= 11 is 0. The van der Waals surface area contributed by atoms with Gasteiger partial charge >= 0.3 is 0 Å². The molecule has 1 aliphatic rings. The summed E-state index contributed by atoms with van der Waals surface area (Å²) in [5, 5.41) is 3.96. The first kappa shape index (κ1) is 12.1. The molecule has 2 aromatic heterocycles. The number of hydrogen-bond acceptors (Lipinski definition) is 4. The van der Waals surface area contributed by atoms with Crippen molar-refractivity contribution in [3.8, 4) is 0 Å². The van der Waals surface area contributed by atoms with Crippen LogP contribution in [0.2, 0.25) is 0 Å². The van der Waals surface area contributed by atoms with E-state index >= 15 is 0 Å². The van der Waals surface area contributed by atoms with Crippen molar-refractivity contribution in [2.75, 3.05) is 0 Å². The van der Waals surface area contributed by atoms with E-state index in [0.717, 1.165) is 36.8 Å². The Balaban J connectivity index is 1.77. The van der Waals surface area contributed by atoms with Crippen LogP contribution in [0.1, 0.15) is 53.8 Å². The Morgan fingerprint density at radius 1 is 1.37 bits per heavy atom. The Hall–Kier alpha value is -1.91. The standard InChI is InChI=1S/C14H17N3O2/c1-2-4-14-15-13(16-19-14)9-17-7-10-5-3-6-12(18)11(10)8-17/h7-8H,2-6,9H2,1H3. The Morgan fingerprint density at radius 3 is 3.05 bits per heavy atom. The Labute approximate surface area is 111 Å². The third kappa shape index (κ3) is 2.45. The molecular weight excluding hydrogens is 242 g/mol. The minimum Gasteiger partial charge on any atom is -0.346 e. The molecule has 0 aromatic carbocycles. The summed E-state index contributed by atoms with van der Waals surface area (Å²) in [5.74, 6) is 1.61. The van der Waals surface area contributed by atoms with Crippen molar-refractivity contribution in [1.29, 1.82) is 0 Å². The average molecular weight is 259 g/mol. The molecule has 0 spiro atoms. The van der Waals surface area contributed by atoms with Gasteiger partial charge in [-0.25, -0.2) is 0 Å². The lowest BCUT2D eigenvalue weighted by atomic mass is 9.95. The number of aryl methyl sites for hydroxylation is 2. The van der Waals surface area contributed by atoms with Crippen LogP contribution < -0.4 is 0 Å². The van der Waals surface area contributed by atoms with Crippen molar-refractivity contribution in [2.24, 2.45) is 0 Å². The zero-order valence-corrected chi connectivity index (χ0v) is 11.1. The fourth-order valence-electron chi connectivity index (χ4n) is 2.50. The van der Waals surface area contributed by atoms with Crippen molar-refractivity contribution < 1.29 is 9.32 Å². The molecule has 0 N–H and O–H groups in total. The van der Waals surface area contributed by atoms with E-state index in [-0.39, 0.29) is 5.78 Å². The molecule has 19 heavy (non-hydrogen) atoms. The van der Waals surface area contributed by atoms with Crippen LogP contribution in [-0.2, 0) is 19.4 Å². The van der Waals surface area contributed by atoms with Gasteiger partial charge < -0.3 is 9.09 Å². The summed E-state index contributed by atoms with van der Waals surface area (Å²) in [6.07, 6.45) is 8.36. The molecule has 100 valence electrons. The van der Waals surface area contributed by atoms with E-state index < -0.39 is 0 Å². The highest BCUT2D eigenvalue weighted by atomic mass is 16.5. The molecule has 0 radical (unpaired) electrons. The van der Waals surface area contributed by atoms with Gasteiger partial charge in [-0.2, -0.15) is 4.98 Å². The SMILES string of the molecule is CCCc1nc(Cn2cc3c(c2)C(=O)CCC3)no1. The van der Waals surface area contributed by atoms with E-state index in [1.807, 2.05) is 17.0 Å². The van der Waals surface area contributed by atoms with Crippen LogP contribution in [0.5, 0.6) is 0 Å². The Morgan fingerprint density at radius 2 is 2.26 bits per heavy atom. The largest absolute Gasteiger partial charge is 0.346 e. The molecule has 5 nitrogen and oxygen atoms in total. The number of Topliss-reactive ketones (excluding diaryl/α,β-unsaturated/α-hetero) is 1. The number of rotatable bonds is 4. The second-order valence-corrected chi connectivity index (χ2v) is 5.00. The van der Waals surface area contributed by atoms with Gasteiger partial charge in [0.05, 0.1) is 6.54 Å². The van der Waals surface area contributed by atoms with Crippen LogP contribution in [0.25, 0.3) is 0 Å². The van der Waals surface area contributed by atoms with E-state index in [9.17, 15) is 4.79 Å². The van der Waals surface area contributed by atoms with E-state index in [1.165, 1.54) is 0 Å². The van der Waals surface area contributed by atoms with Gasteiger partial charge in [0, 0.05) is 30.8 Å². The summed E-state index contributed by atoms with van der Waals surface area (Å²) in [4.78, 5) is 16.1. The van der Waals surface area contributed by atoms with Gasteiger partial charge in [0.15, 0.2) is 11.6 Å². The third-order valence-corrected chi connectivity index (χ3v) is 3.41. The van der Waals surface area contributed by atoms with Crippen LogP contribution in [0.3, 0.4) is 0 Å². The number of ketones is 1. The highest BCUT2D eigenvalue weighted by Gasteiger charge is 2.19. The van der Waals surface area contributed by atoms with Crippen LogP contribution >= 0.6 is 0 Å². The predicted molar refractivity (Wildman–Crippen MR) is 69.1 cm³/mol. The highest BCUT2D eigenvalue weighted by Crippen LogP contribution is 2.22. The fraction of sp³-hybridized carbons (Fsp3) is 0.500. The van der Waals surface area contributed by atoms with Crippen LogP contribution in [0, 0.1) is 0 Å². The third-order valence-electron chi connectivity index (χ3n) is 3.41. The van der Waals surface area contributed by atoms with Crippen LogP contribution in [0.4, 0.5) is 0 Å². The first-order valence-corrected chi connectivity index (χ1v) is 6.79. The van der Waals surface area contributed by atoms with Gasteiger partial charge in [-0.1, -0.05) is 12.1 Å². The number of nitrogens with zero attached hydrogens (tertiary/aromatic N) is 3. The number of carbonyl (C=O) groups is 1. The summed E-state index contributed by atoms with van der Waals surface area (Å²) in [6, 6.07) is 0. The molecule has 5 heteroatoms. The van der Waals surface area contributed by atoms with Crippen molar-refractivity contribution in [1.82, 2.24) is 14.7 Å². The second-order valence-electron chi connectivity index (χ2n) is 5.00. The molecule has 1 aliphatic carbocycles. The van der Waals surface area contributed by atoms with Crippen molar-refractivity contribution in [2.45, 2.75) is 45.6 Å². The molecule has 0 amide bonds. The minimum atomic E-state index is 0.250. The molecule has 2 aromatic rings. The Bertz CT molecular complexity index is 598. The van der Waals surface area contributed by atoms with Crippen molar-refractivity contribution >= 4 is 5.78 Å². The maximum absolute atomic E-state index is 11.8. The van der Waals surface area contributed by atoms with Crippen LogP contribution in [-0.4, -0.2) is 20.5 Å². The van der Waals surface area contributed by atoms with E-state index in [1.54, 1.807) is 0 Å². The topological polar surface area (TPSA) is 60.9 Å². The minimum absolute atomic E-state index is 0.250. The average Bonchev–Trinajstić information content (AvgIpc) is 2.98. The molecule has 0 saturated heterocycles. The van der Waals surface area contributed by atoms with Crippen molar-refractivity contribution in [3.63, 3.8) is 0 Å². The molecule has 2 heterocycles. The summed E-state index contributed by atoms with van der Waals surface area (Å²) < 4.78 is 7.14. The molecule has 0 bridgehead atoms. The Kier molecular flexibility index (Phi) is 3.19. The summed E-state index contributed by atoms with van der Waals surface area (Å²) in [6.45, 7) is 2.64. The lowest BCUT2D eigenvalue weighted by molar-refractivity contribution is 0.0973. The van der Waals surface area contributed by atoms with Gasteiger partial charge in [-0.3, -0.25) is 4.79 Å². The van der Waals surface area contributed by atoms with Gasteiger partial charge in [0.2, 0.25) is 5.89 Å². The quantitative estimate of drug-likeness (QED) is 0.845. The molecule has 0 unspecified atom stereocenters.